The second-order valence-electron chi connectivity index (χ2n) is 5.95. The fourth-order valence-electron chi connectivity index (χ4n) is 2.37. The van der Waals surface area contributed by atoms with Crippen LogP contribution >= 0.6 is 23.4 Å². The van der Waals surface area contributed by atoms with Gasteiger partial charge in [-0.2, -0.15) is 0 Å². The molecule has 0 aliphatic rings. The minimum absolute atomic E-state index is 0.133. The number of carbonyl (C=O) groups is 1. The quantitative estimate of drug-likeness (QED) is 0.490. The molecule has 0 atom stereocenters. The molecule has 1 heterocycles. The van der Waals surface area contributed by atoms with E-state index in [4.69, 9.17) is 21.1 Å². The van der Waals surface area contributed by atoms with Gasteiger partial charge in [0.15, 0.2) is 5.03 Å². The van der Waals surface area contributed by atoms with Crippen LogP contribution in [0, 0.1) is 0 Å². The second kappa shape index (κ2) is 10.8. The van der Waals surface area contributed by atoms with Crippen LogP contribution in [0.1, 0.15) is 16.8 Å². The molecule has 1 aromatic heterocycles. The van der Waals surface area contributed by atoms with Gasteiger partial charge in [-0.15, -0.1) is 0 Å². The van der Waals surface area contributed by atoms with Crippen LogP contribution in [0.3, 0.4) is 0 Å². The van der Waals surface area contributed by atoms with Crippen molar-refractivity contribution in [3.05, 3.63) is 71.5 Å². The van der Waals surface area contributed by atoms with E-state index in [2.05, 4.69) is 15.3 Å². The van der Waals surface area contributed by atoms with E-state index >= 15 is 0 Å². The van der Waals surface area contributed by atoms with E-state index < -0.39 is 0 Å². The van der Waals surface area contributed by atoms with Gasteiger partial charge in [0, 0.05) is 48.1 Å². The molecule has 8 heteroatoms. The summed E-state index contributed by atoms with van der Waals surface area (Å²) in [6.07, 6.45) is 3.95. The first kappa shape index (κ1) is 21.1. The summed E-state index contributed by atoms with van der Waals surface area (Å²) in [5.74, 6) is 0.828. The lowest BCUT2D eigenvalue weighted by molar-refractivity contribution is 0.0948. The molecule has 0 spiro atoms. The highest BCUT2D eigenvalue weighted by Crippen LogP contribution is 2.34. The number of amides is 1. The summed E-state index contributed by atoms with van der Waals surface area (Å²) in [6.45, 7) is 1.18. The molecule has 0 saturated carbocycles. The molecule has 0 saturated heterocycles. The molecule has 0 bridgehead atoms. The molecule has 0 aliphatic heterocycles. The highest BCUT2D eigenvalue weighted by Gasteiger charge is 2.11. The van der Waals surface area contributed by atoms with Crippen molar-refractivity contribution in [1.29, 1.82) is 0 Å². The third-order valence-corrected chi connectivity index (χ3v) is 5.04. The topological polar surface area (TPSA) is 73.3 Å². The Bertz CT molecular complexity index is 937. The van der Waals surface area contributed by atoms with E-state index in [1.807, 2.05) is 24.3 Å². The fraction of sp³-hybridized carbons (Fsp3) is 0.190. The van der Waals surface area contributed by atoms with Crippen molar-refractivity contribution in [2.24, 2.45) is 0 Å². The summed E-state index contributed by atoms with van der Waals surface area (Å²) >= 11 is 7.37. The summed E-state index contributed by atoms with van der Waals surface area (Å²) in [4.78, 5) is 21.7. The maximum Gasteiger partial charge on any atom is 0.252 e. The van der Waals surface area contributed by atoms with Gasteiger partial charge in [-0.25, -0.2) is 9.97 Å². The zero-order valence-electron chi connectivity index (χ0n) is 15.8. The van der Waals surface area contributed by atoms with Gasteiger partial charge < -0.3 is 14.8 Å². The Hall–Kier alpha value is -2.61. The predicted molar refractivity (Wildman–Crippen MR) is 113 cm³/mol. The lowest BCUT2D eigenvalue weighted by atomic mass is 10.2. The van der Waals surface area contributed by atoms with Gasteiger partial charge in [-0.1, -0.05) is 23.4 Å². The van der Waals surface area contributed by atoms with Crippen molar-refractivity contribution >= 4 is 29.3 Å². The van der Waals surface area contributed by atoms with Crippen LogP contribution in [-0.2, 0) is 4.74 Å². The van der Waals surface area contributed by atoms with Crippen LogP contribution in [0.4, 0.5) is 0 Å². The normalized spacial score (nSPS) is 10.6. The number of hydrogen-bond donors (Lipinski definition) is 1. The largest absolute Gasteiger partial charge is 0.437 e. The van der Waals surface area contributed by atoms with Crippen molar-refractivity contribution in [1.82, 2.24) is 15.3 Å². The average Bonchev–Trinajstić information content (AvgIpc) is 2.74. The smallest absolute Gasteiger partial charge is 0.252 e. The van der Waals surface area contributed by atoms with Gasteiger partial charge in [-0.3, -0.25) is 4.79 Å². The molecular formula is C21H20ClN3O3S. The molecule has 6 nitrogen and oxygen atoms in total. The van der Waals surface area contributed by atoms with E-state index in [1.165, 1.54) is 11.8 Å². The highest BCUT2D eigenvalue weighted by molar-refractivity contribution is 7.99. The maximum absolute atomic E-state index is 12.1. The maximum atomic E-state index is 12.1. The van der Waals surface area contributed by atoms with Gasteiger partial charge in [-0.05, 0) is 55.0 Å². The first-order valence-corrected chi connectivity index (χ1v) is 10.1. The Balaban J connectivity index is 1.64. The Morgan fingerprint density at radius 2 is 1.79 bits per heavy atom. The standard InChI is InChI=1S/C21H20ClN3O3S/c1-27-14-2-11-23-19(26)15-3-7-17(8-4-15)28-20-21(25-13-12-24-20)29-18-9-5-16(22)6-10-18/h3-10,12-13H,2,11,14H2,1H3,(H,23,26). The van der Waals surface area contributed by atoms with Gasteiger partial charge >= 0.3 is 0 Å². The molecule has 3 aromatic rings. The number of nitrogens with zero attached hydrogens (tertiary/aromatic N) is 2. The number of hydrogen-bond acceptors (Lipinski definition) is 6. The van der Waals surface area contributed by atoms with Crippen molar-refractivity contribution in [2.75, 3.05) is 20.3 Å². The van der Waals surface area contributed by atoms with Gasteiger partial charge in [0.2, 0.25) is 0 Å². The molecule has 150 valence electrons. The summed E-state index contributed by atoms with van der Waals surface area (Å²) in [5, 5.41) is 4.16. The predicted octanol–water partition coefficient (Wildman–Crippen LogP) is 4.84. The Morgan fingerprint density at radius 1 is 1.07 bits per heavy atom. The second-order valence-corrected chi connectivity index (χ2v) is 7.45. The van der Waals surface area contributed by atoms with Crippen LogP contribution in [0.15, 0.2) is 70.8 Å². The summed E-state index contributed by atoms with van der Waals surface area (Å²) in [7, 11) is 1.64. The molecule has 0 unspecified atom stereocenters. The van der Waals surface area contributed by atoms with Gasteiger partial charge in [0.1, 0.15) is 5.75 Å². The number of carbonyl (C=O) groups excluding carboxylic acids is 1. The number of ether oxygens (including phenoxy) is 2. The fourth-order valence-corrected chi connectivity index (χ4v) is 3.29. The summed E-state index contributed by atoms with van der Waals surface area (Å²) in [5.41, 5.74) is 0.560. The third kappa shape index (κ3) is 6.45. The van der Waals surface area contributed by atoms with E-state index in [0.29, 0.717) is 40.4 Å². The highest BCUT2D eigenvalue weighted by atomic mass is 35.5. The molecule has 1 N–H and O–H groups in total. The van der Waals surface area contributed by atoms with Crippen LogP contribution < -0.4 is 10.1 Å². The number of nitrogens with one attached hydrogen (secondary N) is 1. The van der Waals surface area contributed by atoms with E-state index in [1.54, 1.807) is 43.8 Å². The Kier molecular flexibility index (Phi) is 7.86. The lowest BCUT2D eigenvalue weighted by Gasteiger charge is -2.09. The molecule has 0 aliphatic carbocycles. The van der Waals surface area contributed by atoms with Gasteiger partial charge in [0.25, 0.3) is 11.8 Å². The summed E-state index contributed by atoms with van der Waals surface area (Å²) < 4.78 is 10.9. The monoisotopic (exact) mass is 429 g/mol. The molecular weight excluding hydrogens is 410 g/mol. The SMILES string of the molecule is COCCCNC(=O)c1ccc(Oc2nccnc2Sc2ccc(Cl)cc2)cc1. The van der Waals surface area contributed by atoms with Crippen molar-refractivity contribution in [3.63, 3.8) is 0 Å². The zero-order chi connectivity index (χ0) is 20.5. The number of rotatable bonds is 9. The van der Waals surface area contributed by atoms with Crippen LogP contribution in [-0.4, -0.2) is 36.1 Å². The van der Waals surface area contributed by atoms with Crippen LogP contribution in [0.25, 0.3) is 0 Å². The van der Waals surface area contributed by atoms with E-state index in [0.717, 1.165) is 11.3 Å². The van der Waals surface area contributed by atoms with Crippen LogP contribution in [0.2, 0.25) is 5.02 Å². The number of aromatic nitrogens is 2. The number of benzene rings is 2. The Morgan fingerprint density at radius 3 is 2.52 bits per heavy atom. The first-order valence-electron chi connectivity index (χ1n) is 8.95. The van der Waals surface area contributed by atoms with Crippen molar-refractivity contribution < 1.29 is 14.3 Å². The minimum Gasteiger partial charge on any atom is -0.437 e. The van der Waals surface area contributed by atoms with Crippen LogP contribution in [0.5, 0.6) is 11.6 Å². The molecule has 3 rings (SSSR count). The third-order valence-electron chi connectivity index (χ3n) is 3.80. The summed E-state index contributed by atoms with van der Waals surface area (Å²) in [6, 6.07) is 14.3. The lowest BCUT2D eigenvalue weighted by Crippen LogP contribution is -2.25. The number of methoxy groups -OCH3 is 1. The molecule has 1 amide bonds. The molecule has 29 heavy (non-hydrogen) atoms. The molecule has 2 aromatic carbocycles. The van der Waals surface area contributed by atoms with E-state index in [9.17, 15) is 4.79 Å². The first-order chi connectivity index (χ1) is 14.2. The zero-order valence-corrected chi connectivity index (χ0v) is 17.4. The Labute approximate surface area is 178 Å². The van der Waals surface area contributed by atoms with Crippen molar-refractivity contribution in [2.45, 2.75) is 16.3 Å². The van der Waals surface area contributed by atoms with Crippen molar-refractivity contribution in [3.8, 4) is 11.6 Å². The molecule has 0 fully saturated rings. The van der Waals surface area contributed by atoms with E-state index in [-0.39, 0.29) is 5.91 Å². The molecule has 0 radical (unpaired) electrons. The average molecular weight is 430 g/mol. The number of halogens is 1. The minimum atomic E-state index is -0.133. The van der Waals surface area contributed by atoms with Gasteiger partial charge in [0.05, 0.1) is 0 Å².